The third-order valence-corrected chi connectivity index (χ3v) is 4.35. The van der Waals surface area contributed by atoms with Gasteiger partial charge in [-0.3, -0.25) is 4.90 Å². The SMILES string of the molecule is CC(c1ccc(C(F)(F)F)cc1)N1CCC(C)(CN)C1.Cl. The van der Waals surface area contributed by atoms with Crippen molar-refractivity contribution in [3.63, 3.8) is 0 Å². The lowest BCUT2D eigenvalue weighted by Crippen LogP contribution is -2.32. The number of alkyl halides is 3. The van der Waals surface area contributed by atoms with Crippen LogP contribution in [-0.4, -0.2) is 24.5 Å². The van der Waals surface area contributed by atoms with Gasteiger partial charge in [0.2, 0.25) is 0 Å². The van der Waals surface area contributed by atoms with Crippen LogP contribution in [0, 0.1) is 5.41 Å². The van der Waals surface area contributed by atoms with Crippen molar-refractivity contribution >= 4 is 12.4 Å². The fraction of sp³-hybridized carbons (Fsp3) is 0.600. The van der Waals surface area contributed by atoms with Gasteiger partial charge in [-0.05, 0) is 49.5 Å². The molecule has 120 valence electrons. The second kappa shape index (κ2) is 6.55. The first-order valence-corrected chi connectivity index (χ1v) is 6.86. The fourth-order valence-corrected chi connectivity index (χ4v) is 2.72. The minimum absolute atomic E-state index is 0. The van der Waals surface area contributed by atoms with Gasteiger partial charge in [-0.25, -0.2) is 0 Å². The van der Waals surface area contributed by atoms with E-state index in [1.807, 2.05) is 6.92 Å². The van der Waals surface area contributed by atoms with Crippen LogP contribution in [0.2, 0.25) is 0 Å². The first-order chi connectivity index (χ1) is 9.25. The van der Waals surface area contributed by atoms with Crippen molar-refractivity contribution in [3.8, 4) is 0 Å². The van der Waals surface area contributed by atoms with Gasteiger partial charge in [0.25, 0.3) is 0 Å². The molecule has 1 heterocycles. The normalized spacial score (nSPS) is 24.7. The summed E-state index contributed by atoms with van der Waals surface area (Å²) in [5.41, 5.74) is 6.23. The highest BCUT2D eigenvalue weighted by Gasteiger charge is 2.35. The van der Waals surface area contributed by atoms with Gasteiger partial charge in [-0.15, -0.1) is 12.4 Å². The quantitative estimate of drug-likeness (QED) is 0.915. The molecule has 2 unspecified atom stereocenters. The van der Waals surface area contributed by atoms with Crippen LogP contribution in [0.3, 0.4) is 0 Å². The topological polar surface area (TPSA) is 29.3 Å². The average molecular weight is 323 g/mol. The monoisotopic (exact) mass is 322 g/mol. The molecule has 1 aliphatic rings. The van der Waals surface area contributed by atoms with Crippen LogP contribution in [0.5, 0.6) is 0 Å². The summed E-state index contributed by atoms with van der Waals surface area (Å²) in [6, 6.07) is 5.58. The number of benzene rings is 1. The van der Waals surface area contributed by atoms with E-state index in [0.29, 0.717) is 6.54 Å². The Kier molecular flexibility index (Phi) is 5.69. The summed E-state index contributed by atoms with van der Waals surface area (Å²) in [6.07, 6.45) is -3.23. The maximum Gasteiger partial charge on any atom is 0.416 e. The summed E-state index contributed by atoms with van der Waals surface area (Å²) in [5.74, 6) is 0. The van der Waals surface area contributed by atoms with Crippen molar-refractivity contribution in [1.29, 1.82) is 0 Å². The van der Waals surface area contributed by atoms with Gasteiger partial charge < -0.3 is 5.73 Å². The van der Waals surface area contributed by atoms with Crippen LogP contribution in [0.1, 0.15) is 37.4 Å². The zero-order valence-electron chi connectivity index (χ0n) is 12.3. The van der Waals surface area contributed by atoms with Gasteiger partial charge >= 0.3 is 6.18 Å². The van der Waals surface area contributed by atoms with E-state index in [-0.39, 0.29) is 23.9 Å². The number of nitrogens with two attached hydrogens (primary N) is 1. The molecule has 0 radical (unpaired) electrons. The molecule has 0 aliphatic carbocycles. The molecule has 2 rings (SSSR count). The molecule has 0 aromatic heterocycles. The van der Waals surface area contributed by atoms with E-state index in [1.54, 1.807) is 12.1 Å². The van der Waals surface area contributed by atoms with Crippen LogP contribution in [-0.2, 0) is 6.18 Å². The second-order valence-electron chi connectivity index (χ2n) is 6.03. The summed E-state index contributed by atoms with van der Waals surface area (Å²) < 4.78 is 37.6. The van der Waals surface area contributed by atoms with Crippen molar-refractivity contribution in [1.82, 2.24) is 4.90 Å². The third kappa shape index (κ3) is 4.11. The molecule has 6 heteroatoms. The highest BCUT2D eigenvalue weighted by Crippen LogP contribution is 2.35. The maximum absolute atomic E-state index is 12.5. The molecular formula is C15H22ClF3N2. The van der Waals surface area contributed by atoms with E-state index >= 15 is 0 Å². The molecule has 0 saturated carbocycles. The van der Waals surface area contributed by atoms with Gasteiger partial charge in [0, 0.05) is 12.6 Å². The standard InChI is InChI=1S/C15H21F3N2.ClH/c1-11(20-8-7-14(2,9-19)10-20)12-3-5-13(6-4-12)15(16,17)18;/h3-6,11H,7-10,19H2,1-2H3;1H. The third-order valence-electron chi connectivity index (χ3n) is 4.35. The Balaban J connectivity index is 0.00000220. The molecule has 1 aliphatic heterocycles. The van der Waals surface area contributed by atoms with Crippen molar-refractivity contribution in [3.05, 3.63) is 35.4 Å². The lowest BCUT2D eigenvalue weighted by molar-refractivity contribution is -0.137. The Morgan fingerprint density at radius 1 is 1.29 bits per heavy atom. The van der Waals surface area contributed by atoms with Gasteiger partial charge in [0.05, 0.1) is 5.56 Å². The molecule has 0 bridgehead atoms. The van der Waals surface area contributed by atoms with Gasteiger partial charge in [0.1, 0.15) is 0 Å². The van der Waals surface area contributed by atoms with E-state index in [9.17, 15) is 13.2 Å². The molecule has 2 N–H and O–H groups in total. The zero-order valence-corrected chi connectivity index (χ0v) is 13.1. The Labute approximate surface area is 129 Å². The van der Waals surface area contributed by atoms with Crippen LogP contribution < -0.4 is 5.73 Å². The summed E-state index contributed by atoms with van der Waals surface area (Å²) in [6.45, 7) is 6.67. The Morgan fingerprint density at radius 2 is 1.86 bits per heavy atom. The first kappa shape index (κ1) is 18.3. The van der Waals surface area contributed by atoms with Crippen LogP contribution in [0.4, 0.5) is 13.2 Å². The zero-order chi connectivity index (χ0) is 15.0. The fourth-order valence-electron chi connectivity index (χ4n) is 2.72. The van der Waals surface area contributed by atoms with Crippen molar-refractivity contribution < 1.29 is 13.2 Å². The lowest BCUT2D eigenvalue weighted by Gasteiger charge is -2.27. The van der Waals surface area contributed by atoms with Crippen LogP contribution >= 0.6 is 12.4 Å². The summed E-state index contributed by atoms with van der Waals surface area (Å²) in [7, 11) is 0. The second-order valence-corrected chi connectivity index (χ2v) is 6.03. The molecule has 1 fully saturated rings. The maximum atomic E-state index is 12.5. The molecule has 0 spiro atoms. The smallest absolute Gasteiger partial charge is 0.330 e. The van der Waals surface area contributed by atoms with Crippen molar-refractivity contribution in [2.45, 2.75) is 32.5 Å². The number of hydrogen-bond acceptors (Lipinski definition) is 2. The number of rotatable bonds is 3. The van der Waals surface area contributed by atoms with Crippen molar-refractivity contribution in [2.75, 3.05) is 19.6 Å². The largest absolute Gasteiger partial charge is 0.416 e. The lowest BCUT2D eigenvalue weighted by atomic mass is 9.90. The summed E-state index contributed by atoms with van der Waals surface area (Å²) >= 11 is 0. The molecule has 2 atom stereocenters. The number of hydrogen-bond donors (Lipinski definition) is 1. The van der Waals surface area contributed by atoms with Gasteiger partial charge in [0.15, 0.2) is 0 Å². The van der Waals surface area contributed by atoms with E-state index in [1.165, 1.54) is 0 Å². The molecule has 21 heavy (non-hydrogen) atoms. The van der Waals surface area contributed by atoms with Gasteiger partial charge in [-0.2, -0.15) is 13.2 Å². The molecule has 2 nitrogen and oxygen atoms in total. The van der Waals surface area contributed by atoms with Crippen LogP contribution in [0.15, 0.2) is 24.3 Å². The Morgan fingerprint density at radius 3 is 2.29 bits per heavy atom. The summed E-state index contributed by atoms with van der Waals surface area (Å²) in [4.78, 5) is 2.29. The molecule has 1 aromatic rings. The Bertz CT molecular complexity index is 461. The van der Waals surface area contributed by atoms with E-state index in [2.05, 4.69) is 11.8 Å². The summed E-state index contributed by atoms with van der Waals surface area (Å²) in [5, 5.41) is 0. The highest BCUT2D eigenvalue weighted by atomic mass is 35.5. The molecule has 1 aromatic carbocycles. The number of nitrogens with zero attached hydrogens (tertiary/aromatic N) is 1. The molecular weight excluding hydrogens is 301 g/mol. The van der Waals surface area contributed by atoms with E-state index < -0.39 is 11.7 Å². The average Bonchev–Trinajstić information content (AvgIpc) is 2.80. The first-order valence-electron chi connectivity index (χ1n) is 6.86. The molecule has 0 amide bonds. The minimum atomic E-state index is -4.27. The highest BCUT2D eigenvalue weighted by molar-refractivity contribution is 5.85. The Hall–Kier alpha value is -0.780. The predicted molar refractivity (Wildman–Crippen MR) is 80.5 cm³/mol. The van der Waals surface area contributed by atoms with Crippen LogP contribution in [0.25, 0.3) is 0 Å². The number of halogens is 4. The molecule has 1 saturated heterocycles. The van der Waals surface area contributed by atoms with E-state index in [4.69, 9.17) is 5.73 Å². The van der Waals surface area contributed by atoms with Gasteiger partial charge in [-0.1, -0.05) is 19.1 Å². The minimum Gasteiger partial charge on any atom is -0.330 e. The van der Waals surface area contributed by atoms with Crippen molar-refractivity contribution in [2.24, 2.45) is 11.1 Å². The number of likely N-dealkylation sites (tertiary alicyclic amines) is 1. The van der Waals surface area contributed by atoms with E-state index in [0.717, 1.165) is 37.2 Å². The predicted octanol–water partition coefficient (Wildman–Crippen LogP) is 3.86.